The summed E-state index contributed by atoms with van der Waals surface area (Å²) in [5.41, 5.74) is 2.83. The SMILES string of the molecule is CCC1CC(NC(C)c2ccc(CC(C)C)cc2)CCO1. The van der Waals surface area contributed by atoms with Crippen LogP contribution in [0.4, 0.5) is 0 Å². The fourth-order valence-corrected chi connectivity index (χ4v) is 3.18. The third-order valence-electron chi connectivity index (χ3n) is 4.43. The monoisotopic (exact) mass is 289 g/mol. The molecule has 2 heteroatoms. The maximum atomic E-state index is 5.76. The zero-order valence-corrected chi connectivity index (χ0v) is 14.1. The highest BCUT2D eigenvalue weighted by Crippen LogP contribution is 2.21. The van der Waals surface area contributed by atoms with Crippen molar-refractivity contribution in [1.29, 1.82) is 0 Å². The first kappa shape index (κ1) is 16.5. The van der Waals surface area contributed by atoms with E-state index in [1.807, 2.05) is 0 Å². The third-order valence-corrected chi connectivity index (χ3v) is 4.43. The van der Waals surface area contributed by atoms with Gasteiger partial charge in [0.2, 0.25) is 0 Å². The number of nitrogens with one attached hydrogen (secondary N) is 1. The molecule has 1 aromatic carbocycles. The van der Waals surface area contributed by atoms with E-state index in [-0.39, 0.29) is 0 Å². The van der Waals surface area contributed by atoms with Crippen LogP contribution in [0.15, 0.2) is 24.3 Å². The molecule has 0 radical (unpaired) electrons. The minimum Gasteiger partial charge on any atom is -0.378 e. The topological polar surface area (TPSA) is 21.3 Å². The molecular weight excluding hydrogens is 258 g/mol. The van der Waals surface area contributed by atoms with Crippen molar-refractivity contribution in [3.05, 3.63) is 35.4 Å². The average molecular weight is 289 g/mol. The number of rotatable bonds is 6. The second kappa shape index (κ2) is 7.95. The standard InChI is InChI=1S/C19H31NO/c1-5-19-13-18(10-11-21-19)20-15(4)17-8-6-16(7-9-17)12-14(2)3/h6-9,14-15,18-20H,5,10-13H2,1-4H3. The molecular formula is C19H31NO. The van der Waals surface area contributed by atoms with Crippen LogP contribution in [0.1, 0.15) is 64.1 Å². The first-order valence-electron chi connectivity index (χ1n) is 8.55. The van der Waals surface area contributed by atoms with Gasteiger partial charge < -0.3 is 10.1 Å². The second-order valence-corrected chi connectivity index (χ2v) is 6.85. The first-order valence-corrected chi connectivity index (χ1v) is 8.55. The molecule has 3 atom stereocenters. The summed E-state index contributed by atoms with van der Waals surface area (Å²) in [5.74, 6) is 0.722. The van der Waals surface area contributed by atoms with Gasteiger partial charge in [-0.1, -0.05) is 45.0 Å². The Kier molecular flexibility index (Phi) is 6.25. The van der Waals surface area contributed by atoms with Crippen LogP contribution in [0.5, 0.6) is 0 Å². The van der Waals surface area contributed by atoms with E-state index in [9.17, 15) is 0 Å². The molecule has 3 unspecified atom stereocenters. The lowest BCUT2D eigenvalue weighted by atomic mass is 9.97. The Balaban J connectivity index is 1.89. The summed E-state index contributed by atoms with van der Waals surface area (Å²) in [6, 6.07) is 10.1. The molecule has 1 N–H and O–H groups in total. The quantitative estimate of drug-likeness (QED) is 0.833. The van der Waals surface area contributed by atoms with Crippen molar-refractivity contribution < 1.29 is 4.74 Å². The molecule has 0 spiro atoms. The molecule has 0 amide bonds. The van der Waals surface area contributed by atoms with Crippen molar-refractivity contribution in [2.24, 2.45) is 5.92 Å². The Morgan fingerprint density at radius 3 is 2.52 bits per heavy atom. The van der Waals surface area contributed by atoms with Crippen molar-refractivity contribution in [1.82, 2.24) is 5.32 Å². The highest BCUT2D eigenvalue weighted by atomic mass is 16.5. The predicted molar refractivity (Wildman–Crippen MR) is 89.6 cm³/mol. The van der Waals surface area contributed by atoms with E-state index in [0.717, 1.165) is 31.8 Å². The number of ether oxygens (including phenoxy) is 1. The Labute approximate surface area is 130 Å². The van der Waals surface area contributed by atoms with Crippen LogP contribution in [0.3, 0.4) is 0 Å². The van der Waals surface area contributed by atoms with Gasteiger partial charge in [-0.2, -0.15) is 0 Å². The molecule has 1 fully saturated rings. The summed E-state index contributed by atoms with van der Waals surface area (Å²) >= 11 is 0. The van der Waals surface area contributed by atoms with Gasteiger partial charge in [0.1, 0.15) is 0 Å². The molecule has 2 rings (SSSR count). The van der Waals surface area contributed by atoms with Crippen LogP contribution < -0.4 is 5.32 Å². The maximum Gasteiger partial charge on any atom is 0.0587 e. The fourth-order valence-electron chi connectivity index (χ4n) is 3.18. The molecule has 1 aromatic rings. The lowest BCUT2D eigenvalue weighted by Gasteiger charge is -2.32. The summed E-state index contributed by atoms with van der Waals surface area (Å²) in [6.45, 7) is 9.93. The summed E-state index contributed by atoms with van der Waals surface area (Å²) in [6.07, 6.45) is 5.01. The lowest BCUT2D eigenvalue weighted by Crippen LogP contribution is -2.39. The van der Waals surface area contributed by atoms with Gasteiger partial charge in [0, 0.05) is 18.7 Å². The summed E-state index contributed by atoms with van der Waals surface area (Å²) in [7, 11) is 0. The van der Waals surface area contributed by atoms with Crippen molar-refractivity contribution in [2.45, 2.75) is 71.6 Å². The van der Waals surface area contributed by atoms with Crippen LogP contribution >= 0.6 is 0 Å². The van der Waals surface area contributed by atoms with Crippen molar-refractivity contribution in [2.75, 3.05) is 6.61 Å². The largest absolute Gasteiger partial charge is 0.378 e. The van der Waals surface area contributed by atoms with Gasteiger partial charge in [0.15, 0.2) is 0 Å². The van der Waals surface area contributed by atoms with Gasteiger partial charge in [0.25, 0.3) is 0 Å². The summed E-state index contributed by atoms with van der Waals surface area (Å²) in [4.78, 5) is 0. The number of hydrogen-bond donors (Lipinski definition) is 1. The smallest absolute Gasteiger partial charge is 0.0587 e. The molecule has 1 heterocycles. The Bertz CT molecular complexity index is 412. The predicted octanol–water partition coefficient (Wildman–Crippen LogP) is 4.49. The van der Waals surface area contributed by atoms with Crippen LogP contribution in [0.2, 0.25) is 0 Å². The van der Waals surface area contributed by atoms with Gasteiger partial charge in [-0.05, 0) is 49.7 Å². The fraction of sp³-hybridized carbons (Fsp3) is 0.684. The van der Waals surface area contributed by atoms with Crippen LogP contribution in [0, 0.1) is 5.92 Å². The molecule has 0 saturated carbocycles. The molecule has 21 heavy (non-hydrogen) atoms. The minimum atomic E-state index is 0.415. The van der Waals surface area contributed by atoms with E-state index in [1.54, 1.807) is 0 Å². The highest BCUT2D eigenvalue weighted by Gasteiger charge is 2.22. The van der Waals surface area contributed by atoms with Crippen molar-refractivity contribution >= 4 is 0 Å². The van der Waals surface area contributed by atoms with Crippen LogP contribution in [-0.4, -0.2) is 18.8 Å². The van der Waals surface area contributed by atoms with E-state index >= 15 is 0 Å². The Morgan fingerprint density at radius 2 is 1.90 bits per heavy atom. The van der Waals surface area contributed by atoms with Gasteiger partial charge >= 0.3 is 0 Å². The highest BCUT2D eigenvalue weighted by molar-refractivity contribution is 5.25. The van der Waals surface area contributed by atoms with E-state index < -0.39 is 0 Å². The van der Waals surface area contributed by atoms with Gasteiger partial charge in [-0.25, -0.2) is 0 Å². The number of benzene rings is 1. The molecule has 0 bridgehead atoms. The maximum absolute atomic E-state index is 5.76. The van der Waals surface area contributed by atoms with E-state index in [4.69, 9.17) is 4.74 Å². The normalized spacial score (nSPS) is 24.2. The Hall–Kier alpha value is -0.860. The zero-order valence-electron chi connectivity index (χ0n) is 14.1. The van der Waals surface area contributed by atoms with Crippen LogP contribution in [-0.2, 0) is 11.2 Å². The second-order valence-electron chi connectivity index (χ2n) is 6.85. The summed E-state index contributed by atoms with van der Waals surface area (Å²) in [5, 5.41) is 3.78. The van der Waals surface area contributed by atoms with Crippen LogP contribution in [0.25, 0.3) is 0 Å². The lowest BCUT2D eigenvalue weighted by molar-refractivity contribution is -0.00165. The van der Waals surface area contributed by atoms with E-state index in [0.29, 0.717) is 18.2 Å². The third kappa shape index (κ3) is 5.12. The molecule has 118 valence electrons. The zero-order chi connectivity index (χ0) is 15.2. The van der Waals surface area contributed by atoms with Gasteiger partial charge in [-0.15, -0.1) is 0 Å². The minimum absolute atomic E-state index is 0.415. The molecule has 0 aromatic heterocycles. The van der Waals surface area contributed by atoms with Gasteiger partial charge in [0.05, 0.1) is 6.10 Å². The first-order chi connectivity index (χ1) is 10.1. The number of hydrogen-bond acceptors (Lipinski definition) is 2. The van der Waals surface area contributed by atoms with Crippen molar-refractivity contribution in [3.63, 3.8) is 0 Å². The molecule has 1 saturated heterocycles. The van der Waals surface area contributed by atoms with Gasteiger partial charge in [-0.3, -0.25) is 0 Å². The average Bonchev–Trinajstić information content (AvgIpc) is 2.47. The van der Waals surface area contributed by atoms with E-state index in [2.05, 4.69) is 57.3 Å². The molecule has 1 aliphatic rings. The summed E-state index contributed by atoms with van der Waals surface area (Å²) < 4.78 is 5.76. The molecule has 2 nitrogen and oxygen atoms in total. The molecule has 0 aliphatic carbocycles. The Morgan fingerprint density at radius 1 is 1.19 bits per heavy atom. The molecule has 1 aliphatic heterocycles. The van der Waals surface area contributed by atoms with E-state index in [1.165, 1.54) is 17.5 Å². The van der Waals surface area contributed by atoms with Crippen molar-refractivity contribution in [3.8, 4) is 0 Å².